The number of rotatable bonds is 3. The lowest BCUT2D eigenvalue weighted by molar-refractivity contribution is -0.150. The maximum absolute atomic E-state index is 11.1. The molecule has 2 rings (SSSR count). The van der Waals surface area contributed by atoms with E-state index in [9.17, 15) is 4.79 Å². The van der Waals surface area contributed by atoms with Gasteiger partial charge in [-0.15, -0.1) is 0 Å². The molecule has 0 aromatic carbocycles. The van der Waals surface area contributed by atoms with Gasteiger partial charge in [0, 0.05) is 6.04 Å². The highest BCUT2D eigenvalue weighted by atomic mass is 16.4. The van der Waals surface area contributed by atoms with Crippen LogP contribution in [0.25, 0.3) is 0 Å². The molecule has 2 aliphatic rings. The first-order valence-corrected chi connectivity index (χ1v) is 5.41. The fourth-order valence-corrected chi connectivity index (χ4v) is 2.72. The molecule has 0 amide bonds. The van der Waals surface area contributed by atoms with Crippen molar-refractivity contribution in [3.63, 3.8) is 0 Å². The van der Waals surface area contributed by atoms with E-state index in [1.54, 1.807) is 13.8 Å². The standard InChI is InChI=1S/C11H19NO2/c1-11(2,10(13)14)12(3)9-5-4-7-6-8(7)9/h7-9H,4-6H2,1-3H3,(H,13,14). The third-order valence-corrected chi connectivity index (χ3v) is 4.21. The van der Waals surface area contributed by atoms with Crippen LogP contribution >= 0.6 is 0 Å². The van der Waals surface area contributed by atoms with Crippen molar-refractivity contribution in [1.29, 1.82) is 0 Å². The second-order valence-corrected chi connectivity index (χ2v) is 5.28. The number of fused-ring (bicyclic) bond motifs is 1. The molecule has 0 heterocycles. The highest BCUT2D eigenvalue weighted by Crippen LogP contribution is 2.54. The lowest BCUT2D eigenvalue weighted by Gasteiger charge is -2.37. The average molecular weight is 197 g/mol. The molecule has 0 bridgehead atoms. The maximum atomic E-state index is 11.1. The molecule has 0 aromatic heterocycles. The molecule has 14 heavy (non-hydrogen) atoms. The van der Waals surface area contributed by atoms with Gasteiger partial charge in [0.15, 0.2) is 0 Å². The highest BCUT2D eigenvalue weighted by Gasteiger charge is 2.52. The number of carboxylic acid groups (broad SMARTS) is 1. The summed E-state index contributed by atoms with van der Waals surface area (Å²) in [6, 6.07) is 0.506. The summed E-state index contributed by atoms with van der Waals surface area (Å²) in [5.74, 6) is 0.981. The molecule has 2 aliphatic carbocycles. The van der Waals surface area contributed by atoms with Crippen molar-refractivity contribution in [2.45, 2.75) is 44.7 Å². The molecule has 80 valence electrons. The normalized spacial score (nSPS) is 35.9. The predicted molar refractivity (Wildman–Crippen MR) is 54.1 cm³/mol. The Morgan fingerprint density at radius 1 is 1.43 bits per heavy atom. The van der Waals surface area contributed by atoms with Crippen LogP contribution in [0.2, 0.25) is 0 Å². The van der Waals surface area contributed by atoms with Crippen molar-refractivity contribution < 1.29 is 9.90 Å². The zero-order valence-corrected chi connectivity index (χ0v) is 9.16. The summed E-state index contributed by atoms with van der Waals surface area (Å²) < 4.78 is 0. The van der Waals surface area contributed by atoms with Gasteiger partial charge in [-0.3, -0.25) is 9.69 Å². The van der Waals surface area contributed by atoms with E-state index in [1.165, 1.54) is 19.3 Å². The minimum absolute atomic E-state index is 0.506. The molecule has 0 spiro atoms. The molecule has 0 saturated heterocycles. The zero-order chi connectivity index (χ0) is 10.5. The third kappa shape index (κ3) is 1.34. The Kier molecular flexibility index (Phi) is 2.11. The first kappa shape index (κ1) is 9.97. The minimum atomic E-state index is -0.720. The monoisotopic (exact) mass is 197 g/mol. The summed E-state index contributed by atoms with van der Waals surface area (Å²) in [5, 5.41) is 9.13. The number of likely N-dealkylation sites (N-methyl/N-ethyl adjacent to an activating group) is 1. The Labute approximate surface area is 85.1 Å². The number of carbonyl (C=O) groups is 1. The Balaban J connectivity index is 2.07. The lowest BCUT2D eigenvalue weighted by atomic mass is 9.99. The van der Waals surface area contributed by atoms with Gasteiger partial charge in [0.25, 0.3) is 0 Å². The van der Waals surface area contributed by atoms with Crippen LogP contribution in [-0.4, -0.2) is 34.6 Å². The fourth-order valence-electron chi connectivity index (χ4n) is 2.72. The molecular weight excluding hydrogens is 178 g/mol. The number of hydrogen-bond acceptors (Lipinski definition) is 2. The Hall–Kier alpha value is -0.570. The van der Waals surface area contributed by atoms with Crippen LogP contribution < -0.4 is 0 Å². The van der Waals surface area contributed by atoms with E-state index in [4.69, 9.17) is 5.11 Å². The van der Waals surface area contributed by atoms with Crippen LogP contribution in [0, 0.1) is 11.8 Å². The number of aliphatic carboxylic acids is 1. The lowest BCUT2D eigenvalue weighted by Crippen LogP contribution is -2.52. The van der Waals surface area contributed by atoms with Gasteiger partial charge < -0.3 is 5.11 Å². The predicted octanol–water partition coefficient (Wildman–Crippen LogP) is 1.58. The topological polar surface area (TPSA) is 40.5 Å². The van der Waals surface area contributed by atoms with Gasteiger partial charge in [0.1, 0.15) is 5.54 Å². The van der Waals surface area contributed by atoms with E-state index < -0.39 is 11.5 Å². The van der Waals surface area contributed by atoms with Crippen molar-refractivity contribution in [3.8, 4) is 0 Å². The van der Waals surface area contributed by atoms with Gasteiger partial charge in [0.05, 0.1) is 0 Å². The van der Waals surface area contributed by atoms with Crippen LogP contribution in [-0.2, 0) is 4.79 Å². The zero-order valence-electron chi connectivity index (χ0n) is 9.16. The number of nitrogens with zero attached hydrogens (tertiary/aromatic N) is 1. The van der Waals surface area contributed by atoms with E-state index in [2.05, 4.69) is 4.90 Å². The number of carboxylic acids is 1. The number of hydrogen-bond donors (Lipinski definition) is 1. The second kappa shape index (κ2) is 2.96. The van der Waals surface area contributed by atoms with Crippen LogP contribution in [0.5, 0.6) is 0 Å². The molecule has 2 saturated carbocycles. The van der Waals surface area contributed by atoms with Gasteiger partial charge in [-0.1, -0.05) is 0 Å². The van der Waals surface area contributed by atoms with Crippen molar-refractivity contribution in [1.82, 2.24) is 4.90 Å². The van der Waals surface area contributed by atoms with Crippen LogP contribution in [0.3, 0.4) is 0 Å². The summed E-state index contributed by atoms with van der Waals surface area (Å²) in [4.78, 5) is 13.2. The summed E-state index contributed by atoms with van der Waals surface area (Å²) in [5.41, 5.74) is -0.720. The Morgan fingerprint density at radius 3 is 2.43 bits per heavy atom. The molecule has 3 heteroatoms. The van der Waals surface area contributed by atoms with E-state index in [-0.39, 0.29) is 0 Å². The molecule has 1 N–H and O–H groups in total. The largest absolute Gasteiger partial charge is 0.480 e. The third-order valence-electron chi connectivity index (χ3n) is 4.21. The van der Waals surface area contributed by atoms with Crippen LogP contribution in [0.15, 0.2) is 0 Å². The van der Waals surface area contributed by atoms with E-state index in [0.29, 0.717) is 6.04 Å². The van der Waals surface area contributed by atoms with E-state index in [0.717, 1.165) is 11.8 Å². The van der Waals surface area contributed by atoms with Crippen molar-refractivity contribution in [3.05, 3.63) is 0 Å². The minimum Gasteiger partial charge on any atom is -0.480 e. The summed E-state index contributed by atoms with van der Waals surface area (Å²) >= 11 is 0. The fraction of sp³-hybridized carbons (Fsp3) is 0.909. The van der Waals surface area contributed by atoms with Gasteiger partial charge in [-0.05, 0) is 52.0 Å². The van der Waals surface area contributed by atoms with Gasteiger partial charge in [-0.25, -0.2) is 0 Å². The Bertz CT molecular complexity index is 262. The van der Waals surface area contributed by atoms with Crippen molar-refractivity contribution in [2.75, 3.05) is 7.05 Å². The molecule has 3 nitrogen and oxygen atoms in total. The van der Waals surface area contributed by atoms with Gasteiger partial charge in [-0.2, -0.15) is 0 Å². The summed E-state index contributed by atoms with van der Waals surface area (Å²) in [7, 11) is 1.96. The molecular formula is C11H19NO2. The smallest absolute Gasteiger partial charge is 0.323 e. The van der Waals surface area contributed by atoms with Crippen molar-refractivity contribution in [2.24, 2.45) is 11.8 Å². The first-order chi connectivity index (χ1) is 6.44. The van der Waals surface area contributed by atoms with Crippen LogP contribution in [0.4, 0.5) is 0 Å². The molecule has 0 aliphatic heterocycles. The highest BCUT2D eigenvalue weighted by molar-refractivity contribution is 5.77. The first-order valence-electron chi connectivity index (χ1n) is 5.41. The average Bonchev–Trinajstić information content (AvgIpc) is 2.77. The SMILES string of the molecule is CN(C1CCC2CC21)C(C)(C)C(=O)O. The second-order valence-electron chi connectivity index (χ2n) is 5.28. The quantitative estimate of drug-likeness (QED) is 0.746. The Morgan fingerprint density at radius 2 is 2.07 bits per heavy atom. The van der Waals surface area contributed by atoms with Crippen LogP contribution in [0.1, 0.15) is 33.1 Å². The van der Waals surface area contributed by atoms with Crippen molar-refractivity contribution >= 4 is 5.97 Å². The van der Waals surface area contributed by atoms with E-state index >= 15 is 0 Å². The van der Waals surface area contributed by atoms with Gasteiger partial charge in [0.2, 0.25) is 0 Å². The molecule has 3 atom stereocenters. The van der Waals surface area contributed by atoms with E-state index in [1.807, 2.05) is 7.05 Å². The maximum Gasteiger partial charge on any atom is 0.323 e. The molecule has 0 aromatic rings. The molecule has 3 unspecified atom stereocenters. The summed E-state index contributed by atoms with van der Waals surface area (Å²) in [6.45, 7) is 3.59. The molecule has 0 radical (unpaired) electrons. The summed E-state index contributed by atoms with van der Waals surface area (Å²) in [6.07, 6.45) is 3.81. The van der Waals surface area contributed by atoms with Gasteiger partial charge >= 0.3 is 5.97 Å². The molecule has 2 fully saturated rings.